The number of hydrogen-bond acceptors (Lipinski definition) is 5. The molecule has 5 nitrogen and oxygen atoms in total. The quantitative estimate of drug-likeness (QED) is 0.268. The van der Waals surface area contributed by atoms with Crippen LogP contribution in [0.5, 0.6) is 5.75 Å². The fraction of sp³-hybridized carbons (Fsp3) is 0. The minimum Gasteiger partial charge on any atom is -0.506 e. The number of aromatic nitrogens is 2. The molecule has 0 saturated carbocycles. The first-order chi connectivity index (χ1) is 18.2. The molecule has 0 amide bonds. The molecule has 5 heteroatoms. The molecule has 2 aromatic heterocycles. The molecule has 2 N–H and O–H groups in total. The maximum Gasteiger partial charge on any atom is 0.141 e. The molecule has 4 aromatic carbocycles. The molecule has 7 rings (SSSR count). The Morgan fingerprint density at radius 3 is 2.38 bits per heavy atom. The van der Waals surface area contributed by atoms with Crippen LogP contribution in [0.3, 0.4) is 0 Å². The number of benzene rings is 4. The molecule has 0 spiro atoms. The Hall–Kier alpha value is -5.16. The van der Waals surface area contributed by atoms with Gasteiger partial charge in [-0.3, -0.25) is 4.90 Å². The molecule has 37 heavy (non-hydrogen) atoms. The summed E-state index contributed by atoms with van der Waals surface area (Å²) in [6.45, 7) is 0. The van der Waals surface area contributed by atoms with Crippen molar-refractivity contribution in [1.29, 1.82) is 0 Å². The number of fused-ring (bicyclic) bond motifs is 3. The second-order valence-electron chi connectivity index (χ2n) is 9.02. The van der Waals surface area contributed by atoms with Gasteiger partial charge >= 0.3 is 0 Å². The minimum atomic E-state index is 0.177. The van der Waals surface area contributed by atoms with Gasteiger partial charge in [-0.2, -0.15) is 0 Å². The smallest absolute Gasteiger partial charge is 0.141 e. The van der Waals surface area contributed by atoms with Gasteiger partial charge < -0.3 is 10.4 Å². The summed E-state index contributed by atoms with van der Waals surface area (Å²) in [5, 5.41) is 14.8. The number of hydrogen-bond donors (Lipinski definition) is 2. The van der Waals surface area contributed by atoms with Gasteiger partial charge in [0, 0.05) is 17.1 Å². The number of rotatable bonds is 3. The highest BCUT2D eigenvalue weighted by molar-refractivity contribution is 5.98. The van der Waals surface area contributed by atoms with E-state index in [-0.39, 0.29) is 5.75 Å². The molecule has 0 atom stereocenters. The highest BCUT2D eigenvalue weighted by Gasteiger charge is 2.25. The summed E-state index contributed by atoms with van der Waals surface area (Å²) in [4.78, 5) is 11.8. The van der Waals surface area contributed by atoms with Crippen LogP contribution in [0.1, 0.15) is 0 Å². The lowest BCUT2D eigenvalue weighted by molar-refractivity contribution is 0.480. The van der Waals surface area contributed by atoms with E-state index < -0.39 is 0 Å². The number of nitrogens with zero attached hydrogens (tertiary/aromatic N) is 3. The van der Waals surface area contributed by atoms with Gasteiger partial charge in [-0.1, -0.05) is 66.7 Å². The van der Waals surface area contributed by atoms with Gasteiger partial charge in [0.2, 0.25) is 0 Å². The second kappa shape index (κ2) is 8.50. The zero-order valence-corrected chi connectivity index (χ0v) is 19.8. The lowest BCUT2D eigenvalue weighted by Gasteiger charge is -2.33. The van der Waals surface area contributed by atoms with Crippen molar-refractivity contribution in [3.63, 3.8) is 0 Å². The monoisotopic (exact) mass is 478 g/mol. The number of nitrogens with one attached hydrogen (secondary N) is 1. The summed E-state index contributed by atoms with van der Waals surface area (Å²) in [5.74, 6) is 1.01. The summed E-state index contributed by atoms with van der Waals surface area (Å²) in [6, 6.07) is 38.4. The molecule has 1 aliphatic rings. The predicted molar refractivity (Wildman–Crippen MR) is 150 cm³/mol. The lowest BCUT2D eigenvalue weighted by Crippen LogP contribution is -2.18. The molecule has 0 saturated heterocycles. The summed E-state index contributed by atoms with van der Waals surface area (Å²) >= 11 is 0. The van der Waals surface area contributed by atoms with E-state index in [0.29, 0.717) is 5.52 Å². The Morgan fingerprint density at radius 2 is 1.46 bits per heavy atom. The van der Waals surface area contributed by atoms with Crippen molar-refractivity contribution >= 4 is 39.5 Å². The van der Waals surface area contributed by atoms with Crippen molar-refractivity contribution in [2.75, 3.05) is 10.2 Å². The number of phenolic OH excluding ortho intramolecular Hbond substituents is 1. The van der Waals surface area contributed by atoms with Gasteiger partial charge in [0.15, 0.2) is 0 Å². The first kappa shape index (κ1) is 21.1. The largest absolute Gasteiger partial charge is 0.506 e. The Labute approximate surface area is 214 Å². The first-order valence-corrected chi connectivity index (χ1v) is 12.2. The second-order valence-corrected chi connectivity index (χ2v) is 9.02. The summed E-state index contributed by atoms with van der Waals surface area (Å²) in [5.41, 5.74) is 8.59. The fourth-order valence-corrected chi connectivity index (χ4v) is 4.92. The Balaban J connectivity index is 1.39. The standard InChI is InChI=1S/C32H22N4O/c37-30-12-6-9-22-13-15-25(35-32(22)30)24-14-16-27-29(19-24)36(28-11-5-4-10-26(28)34-27)31-20-23(17-18-33-31)21-7-2-1-3-8-21/h1-20,34,37H. The normalized spacial score (nSPS) is 12.1. The maximum atomic E-state index is 10.4. The van der Waals surface area contributed by atoms with Crippen LogP contribution >= 0.6 is 0 Å². The Bertz CT molecular complexity index is 1780. The van der Waals surface area contributed by atoms with Crippen molar-refractivity contribution in [3.05, 3.63) is 121 Å². The van der Waals surface area contributed by atoms with E-state index >= 15 is 0 Å². The average Bonchev–Trinajstić information content (AvgIpc) is 2.96. The first-order valence-electron chi connectivity index (χ1n) is 12.2. The topological polar surface area (TPSA) is 61.3 Å². The highest BCUT2D eigenvalue weighted by Crippen LogP contribution is 2.48. The van der Waals surface area contributed by atoms with E-state index in [4.69, 9.17) is 9.97 Å². The van der Waals surface area contributed by atoms with Gasteiger partial charge in [-0.05, 0) is 59.7 Å². The fourth-order valence-electron chi connectivity index (χ4n) is 4.92. The van der Waals surface area contributed by atoms with Crippen LogP contribution in [0.25, 0.3) is 33.3 Å². The van der Waals surface area contributed by atoms with E-state index in [9.17, 15) is 5.11 Å². The third kappa shape index (κ3) is 3.65. The van der Waals surface area contributed by atoms with Gasteiger partial charge in [0.05, 0.1) is 28.4 Å². The van der Waals surface area contributed by atoms with E-state index in [1.807, 2.05) is 66.9 Å². The number of para-hydroxylation sites is 3. The Morgan fingerprint density at radius 1 is 0.622 bits per heavy atom. The van der Waals surface area contributed by atoms with Crippen LogP contribution in [-0.4, -0.2) is 15.1 Å². The molecule has 0 radical (unpaired) electrons. The van der Waals surface area contributed by atoms with Gasteiger partial charge in [-0.25, -0.2) is 9.97 Å². The number of anilines is 5. The van der Waals surface area contributed by atoms with Crippen LogP contribution < -0.4 is 10.2 Å². The van der Waals surface area contributed by atoms with Crippen LogP contribution in [-0.2, 0) is 0 Å². The van der Waals surface area contributed by atoms with Crippen LogP contribution in [0.4, 0.5) is 28.6 Å². The number of phenols is 1. The zero-order valence-electron chi connectivity index (χ0n) is 19.8. The van der Waals surface area contributed by atoms with E-state index in [1.54, 1.807) is 6.07 Å². The molecular weight excluding hydrogens is 456 g/mol. The lowest BCUT2D eigenvalue weighted by atomic mass is 10.0. The van der Waals surface area contributed by atoms with Gasteiger partial charge in [0.25, 0.3) is 0 Å². The van der Waals surface area contributed by atoms with Crippen LogP contribution in [0, 0.1) is 0 Å². The zero-order chi connectivity index (χ0) is 24.8. The van der Waals surface area contributed by atoms with Gasteiger partial charge in [0.1, 0.15) is 17.1 Å². The number of aromatic hydroxyl groups is 1. The summed E-state index contributed by atoms with van der Waals surface area (Å²) in [7, 11) is 0. The minimum absolute atomic E-state index is 0.177. The van der Waals surface area contributed by atoms with E-state index in [1.165, 1.54) is 0 Å². The van der Waals surface area contributed by atoms with E-state index in [0.717, 1.165) is 56.3 Å². The molecule has 176 valence electrons. The molecule has 0 aliphatic carbocycles. The molecule has 0 bridgehead atoms. The third-order valence-electron chi connectivity index (χ3n) is 6.73. The molecule has 6 aromatic rings. The summed E-state index contributed by atoms with van der Waals surface area (Å²) < 4.78 is 0. The summed E-state index contributed by atoms with van der Waals surface area (Å²) in [6.07, 6.45) is 1.86. The van der Waals surface area contributed by atoms with Crippen molar-refractivity contribution < 1.29 is 5.11 Å². The van der Waals surface area contributed by atoms with Crippen molar-refractivity contribution in [2.24, 2.45) is 0 Å². The molecule has 0 unspecified atom stereocenters. The SMILES string of the molecule is Oc1cccc2ccc(-c3ccc4c(c3)N(c3cc(-c5ccccc5)ccn3)c3ccccc3N4)nc12. The maximum absolute atomic E-state index is 10.4. The van der Waals surface area contributed by atoms with Crippen molar-refractivity contribution in [3.8, 4) is 28.1 Å². The predicted octanol–water partition coefficient (Wildman–Crippen LogP) is 8.20. The Kier molecular flexibility index (Phi) is 4.86. The van der Waals surface area contributed by atoms with Gasteiger partial charge in [-0.15, -0.1) is 0 Å². The average molecular weight is 479 g/mol. The van der Waals surface area contributed by atoms with E-state index in [2.05, 4.69) is 58.7 Å². The van der Waals surface area contributed by atoms with Crippen molar-refractivity contribution in [2.45, 2.75) is 0 Å². The van der Waals surface area contributed by atoms with Crippen LogP contribution in [0.15, 0.2) is 121 Å². The molecule has 3 heterocycles. The highest BCUT2D eigenvalue weighted by atomic mass is 16.3. The molecular formula is C32H22N4O. The number of pyridine rings is 2. The van der Waals surface area contributed by atoms with Crippen molar-refractivity contribution in [1.82, 2.24) is 9.97 Å². The van der Waals surface area contributed by atoms with Crippen LogP contribution in [0.2, 0.25) is 0 Å². The third-order valence-corrected chi connectivity index (χ3v) is 6.73. The molecule has 1 aliphatic heterocycles. The molecule has 0 fully saturated rings.